The van der Waals surface area contributed by atoms with Crippen LogP contribution in [0.3, 0.4) is 0 Å². The summed E-state index contributed by atoms with van der Waals surface area (Å²) < 4.78 is 1.08. The molecule has 0 saturated carbocycles. The topological polar surface area (TPSA) is 32.3 Å². The predicted octanol–water partition coefficient (Wildman–Crippen LogP) is 3.14. The van der Waals surface area contributed by atoms with E-state index in [4.69, 9.17) is 0 Å². The number of aliphatic hydroxyl groups is 1. The van der Waals surface area contributed by atoms with Crippen molar-refractivity contribution in [1.29, 1.82) is 0 Å². The molecule has 0 radical (unpaired) electrons. The Kier molecular flexibility index (Phi) is 5.58. The Morgan fingerprint density at radius 1 is 1.00 bits per heavy atom. The van der Waals surface area contributed by atoms with Crippen LogP contribution < -0.4 is 5.32 Å². The standard InChI is InChI=1S/C16H18BrNO/c17-15-8-4-7-14(9-15)11-18-16(12-19)10-13-5-2-1-3-6-13/h1-9,16,18-19H,10-12H2. The smallest absolute Gasteiger partial charge is 0.0587 e. The van der Waals surface area contributed by atoms with Crippen LogP contribution >= 0.6 is 15.9 Å². The van der Waals surface area contributed by atoms with E-state index in [1.807, 2.05) is 30.3 Å². The molecule has 0 aliphatic rings. The molecular weight excluding hydrogens is 302 g/mol. The largest absolute Gasteiger partial charge is 0.395 e. The van der Waals surface area contributed by atoms with Gasteiger partial charge in [-0.15, -0.1) is 0 Å². The molecule has 0 aromatic heterocycles. The molecule has 0 saturated heterocycles. The van der Waals surface area contributed by atoms with Crippen molar-refractivity contribution in [3.8, 4) is 0 Å². The van der Waals surface area contributed by atoms with Gasteiger partial charge in [-0.1, -0.05) is 58.4 Å². The van der Waals surface area contributed by atoms with Crippen molar-refractivity contribution in [1.82, 2.24) is 5.32 Å². The van der Waals surface area contributed by atoms with Crippen LogP contribution in [0.15, 0.2) is 59.1 Å². The predicted molar refractivity (Wildman–Crippen MR) is 82.0 cm³/mol. The Morgan fingerprint density at radius 3 is 2.42 bits per heavy atom. The summed E-state index contributed by atoms with van der Waals surface area (Å²) in [5.74, 6) is 0. The SMILES string of the molecule is OCC(Cc1ccccc1)NCc1cccc(Br)c1. The number of hydrogen-bond acceptors (Lipinski definition) is 2. The molecule has 3 heteroatoms. The van der Waals surface area contributed by atoms with Crippen LogP contribution in [0.25, 0.3) is 0 Å². The van der Waals surface area contributed by atoms with Crippen molar-refractivity contribution in [2.75, 3.05) is 6.61 Å². The Morgan fingerprint density at radius 2 is 1.74 bits per heavy atom. The minimum Gasteiger partial charge on any atom is -0.395 e. The first-order valence-corrected chi connectivity index (χ1v) is 7.20. The second-order valence-electron chi connectivity index (χ2n) is 4.58. The van der Waals surface area contributed by atoms with Gasteiger partial charge in [0.05, 0.1) is 6.61 Å². The van der Waals surface area contributed by atoms with E-state index in [0.29, 0.717) is 0 Å². The van der Waals surface area contributed by atoms with Crippen LogP contribution in [0.1, 0.15) is 11.1 Å². The molecule has 0 aliphatic carbocycles. The summed E-state index contributed by atoms with van der Waals surface area (Å²) in [6.07, 6.45) is 0.839. The summed E-state index contributed by atoms with van der Waals surface area (Å²) in [7, 11) is 0. The third kappa shape index (κ3) is 4.78. The van der Waals surface area contributed by atoms with Crippen molar-refractivity contribution >= 4 is 15.9 Å². The highest BCUT2D eigenvalue weighted by Gasteiger charge is 2.07. The normalized spacial score (nSPS) is 12.3. The molecular formula is C16H18BrNO. The van der Waals surface area contributed by atoms with Crippen molar-refractivity contribution in [3.63, 3.8) is 0 Å². The summed E-state index contributed by atoms with van der Waals surface area (Å²) >= 11 is 3.46. The second kappa shape index (κ2) is 7.43. The van der Waals surface area contributed by atoms with E-state index < -0.39 is 0 Å². The third-order valence-electron chi connectivity index (χ3n) is 3.03. The zero-order valence-corrected chi connectivity index (χ0v) is 12.3. The molecule has 19 heavy (non-hydrogen) atoms. The lowest BCUT2D eigenvalue weighted by Crippen LogP contribution is -2.34. The lowest BCUT2D eigenvalue weighted by Gasteiger charge is -2.16. The van der Waals surface area contributed by atoms with Crippen LogP contribution in [-0.4, -0.2) is 17.8 Å². The van der Waals surface area contributed by atoms with E-state index in [1.165, 1.54) is 11.1 Å². The van der Waals surface area contributed by atoms with Crippen molar-refractivity contribution < 1.29 is 5.11 Å². The Balaban J connectivity index is 1.89. The molecule has 0 bridgehead atoms. The Hall–Kier alpha value is -1.16. The fourth-order valence-electron chi connectivity index (χ4n) is 2.01. The molecule has 0 fully saturated rings. The van der Waals surface area contributed by atoms with Crippen molar-refractivity contribution in [2.45, 2.75) is 19.0 Å². The summed E-state index contributed by atoms with van der Waals surface area (Å²) in [5.41, 5.74) is 2.45. The van der Waals surface area contributed by atoms with Gasteiger partial charge in [-0.2, -0.15) is 0 Å². The zero-order valence-electron chi connectivity index (χ0n) is 10.7. The molecule has 2 nitrogen and oxygen atoms in total. The third-order valence-corrected chi connectivity index (χ3v) is 3.52. The van der Waals surface area contributed by atoms with Gasteiger partial charge in [-0.05, 0) is 29.7 Å². The molecule has 1 atom stereocenters. The Bertz CT molecular complexity index is 501. The molecule has 2 N–H and O–H groups in total. The van der Waals surface area contributed by atoms with Crippen LogP contribution in [0, 0.1) is 0 Å². The van der Waals surface area contributed by atoms with E-state index in [0.717, 1.165) is 17.4 Å². The number of aliphatic hydroxyl groups excluding tert-OH is 1. The summed E-state index contributed by atoms with van der Waals surface area (Å²) in [6, 6.07) is 18.5. The van der Waals surface area contributed by atoms with E-state index in [1.54, 1.807) is 0 Å². The van der Waals surface area contributed by atoms with Crippen molar-refractivity contribution in [2.24, 2.45) is 0 Å². The van der Waals surface area contributed by atoms with Gasteiger partial charge in [-0.3, -0.25) is 0 Å². The fourth-order valence-corrected chi connectivity index (χ4v) is 2.46. The van der Waals surface area contributed by atoms with Gasteiger partial charge in [0, 0.05) is 17.1 Å². The molecule has 2 rings (SSSR count). The van der Waals surface area contributed by atoms with Gasteiger partial charge < -0.3 is 10.4 Å². The molecule has 0 spiro atoms. The van der Waals surface area contributed by atoms with Crippen LogP contribution in [0.5, 0.6) is 0 Å². The maximum Gasteiger partial charge on any atom is 0.0587 e. The average molecular weight is 320 g/mol. The van der Waals surface area contributed by atoms with Gasteiger partial charge in [0.25, 0.3) is 0 Å². The Labute approximate surface area is 122 Å². The minimum atomic E-state index is 0.0846. The fraction of sp³-hybridized carbons (Fsp3) is 0.250. The number of nitrogens with one attached hydrogen (secondary N) is 1. The van der Waals surface area contributed by atoms with Gasteiger partial charge in [0.15, 0.2) is 0 Å². The van der Waals surface area contributed by atoms with Crippen LogP contribution in [0.2, 0.25) is 0 Å². The van der Waals surface area contributed by atoms with E-state index in [2.05, 4.69) is 45.5 Å². The summed E-state index contributed by atoms with van der Waals surface area (Å²) in [5, 5.41) is 12.8. The molecule has 0 aliphatic heterocycles. The first kappa shape index (κ1) is 14.3. The molecule has 2 aromatic carbocycles. The quantitative estimate of drug-likeness (QED) is 0.857. The maximum atomic E-state index is 9.45. The van der Waals surface area contributed by atoms with Crippen LogP contribution in [-0.2, 0) is 13.0 Å². The van der Waals surface area contributed by atoms with Gasteiger partial charge in [0.2, 0.25) is 0 Å². The maximum absolute atomic E-state index is 9.45. The number of benzene rings is 2. The van der Waals surface area contributed by atoms with Crippen molar-refractivity contribution in [3.05, 3.63) is 70.2 Å². The first-order valence-electron chi connectivity index (χ1n) is 6.40. The molecule has 0 heterocycles. The minimum absolute atomic E-state index is 0.0846. The van der Waals surface area contributed by atoms with E-state index in [9.17, 15) is 5.11 Å². The van der Waals surface area contributed by atoms with E-state index >= 15 is 0 Å². The summed E-state index contributed by atoms with van der Waals surface area (Å²) in [4.78, 5) is 0. The average Bonchev–Trinajstić information content (AvgIpc) is 2.44. The van der Waals surface area contributed by atoms with Gasteiger partial charge in [0.1, 0.15) is 0 Å². The molecule has 2 aromatic rings. The second-order valence-corrected chi connectivity index (χ2v) is 5.50. The molecule has 0 amide bonds. The zero-order chi connectivity index (χ0) is 13.5. The molecule has 100 valence electrons. The number of halogens is 1. The lowest BCUT2D eigenvalue weighted by atomic mass is 10.1. The van der Waals surface area contributed by atoms with Gasteiger partial charge >= 0.3 is 0 Å². The number of rotatable bonds is 6. The highest BCUT2D eigenvalue weighted by atomic mass is 79.9. The van der Waals surface area contributed by atoms with E-state index in [-0.39, 0.29) is 12.6 Å². The first-order chi connectivity index (χ1) is 9.28. The van der Waals surface area contributed by atoms with Gasteiger partial charge in [-0.25, -0.2) is 0 Å². The summed E-state index contributed by atoms with van der Waals surface area (Å²) in [6.45, 7) is 0.903. The van der Waals surface area contributed by atoms with Crippen LogP contribution in [0.4, 0.5) is 0 Å². The monoisotopic (exact) mass is 319 g/mol. The molecule has 1 unspecified atom stereocenters. The number of hydrogen-bond donors (Lipinski definition) is 2. The highest BCUT2D eigenvalue weighted by Crippen LogP contribution is 2.12. The lowest BCUT2D eigenvalue weighted by molar-refractivity contribution is 0.241. The highest BCUT2D eigenvalue weighted by molar-refractivity contribution is 9.10.